The van der Waals surface area contributed by atoms with Crippen LogP contribution in [0.5, 0.6) is 0 Å². The quantitative estimate of drug-likeness (QED) is 0.667. The van der Waals surface area contributed by atoms with Crippen molar-refractivity contribution >= 4 is 34.8 Å². The molecule has 0 radical (unpaired) electrons. The zero-order chi connectivity index (χ0) is 18.5. The highest BCUT2D eigenvalue weighted by Gasteiger charge is 2.11. The third kappa shape index (κ3) is 4.18. The molecule has 0 unspecified atom stereocenters. The number of nitrogens with one attached hydrogen (secondary N) is 2. The average Bonchev–Trinajstić information content (AvgIpc) is 2.64. The van der Waals surface area contributed by atoms with Crippen LogP contribution in [-0.4, -0.2) is 15.9 Å². The Morgan fingerprint density at radius 3 is 2.69 bits per heavy atom. The van der Waals surface area contributed by atoms with Crippen molar-refractivity contribution in [2.75, 3.05) is 10.6 Å². The van der Waals surface area contributed by atoms with Gasteiger partial charge in [0.2, 0.25) is 5.95 Å². The number of aromatic nitrogens is 2. The molecule has 0 saturated carbocycles. The summed E-state index contributed by atoms with van der Waals surface area (Å²) in [5.74, 6) is 0.0797. The molecule has 6 heteroatoms. The number of halogens is 1. The molecular weight excluding hydrogens is 348 g/mol. The minimum Gasteiger partial charge on any atom is -0.324 e. The van der Waals surface area contributed by atoms with Crippen molar-refractivity contribution in [3.05, 3.63) is 76.6 Å². The topological polar surface area (TPSA) is 66.9 Å². The molecule has 2 N–H and O–H groups in total. The number of rotatable bonds is 5. The Morgan fingerprint density at radius 2 is 1.92 bits per heavy atom. The van der Waals surface area contributed by atoms with Crippen molar-refractivity contribution in [2.24, 2.45) is 0 Å². The van der Waals surface area contributed by atoms with Crippen molar-refractivity contribution in [3.63, 3.8) is 0 Å². The molecule has 0 aliphatic heterocycles. The Kier molecular flexibility index (Phi) is 5.49. The number of carbonyl (C=O) groups excluding carboxylic acids is 1. The van der Waals surface area contributed by atoms with Gasteiger partial charge in [-0.05, 0) is 54.8 Å². The summed E-state index contributed by atoms with van der Waals surface area (Å²) < 4.78 is 0. The maximum atomic E-state index is 12.5. The lowest BCUT2D eigenvalue weighted by Gasteiger charge is -2.11. The van der Waals surface area contributed by atoms with E-state index in [0.717, 1.165) is 23.2 Å². The molecule has 3 aromatic rings. The summed E-state index contributed by atoms with van der Waals surface area (Å²) in [6.07, 6.45) is 2.45. The fraction of sp³-hybridized carbons (Fsp3) is 0.150. The Labute approximate surface area is 157 Å². The highest BCUT2D eigenvalue weighted by molar-refractivity contribution is 6.30. The van der Waals surface area contributed by atoms with E-state index in [9.17, 15) is 4.79 Å². The Balaban J connectivity index is 1.79. The van der Waals surface area contributed by atoms with Crippen LogP contribution in [0.25, 0.3) is 0 Å². The maximum absolute atomic E-state index is 12.5. The van der Waals surface area contributed by atoms with Crippen molar-refractivity contribution in [3.8, 4) is 0 Å². The highest BCUT2D eigenvalue weighted by Crippen LogP contribution is 2.21. The second-order valence-corrected chi connectivity index (χ2v) is 6.25. The number of para-hydroxylation sites is 1. The summed E-state index contributed by atoms with van der Waals surface area (Å²) in [4.78, 5) is 21.1. The smallest absolute Gasteiger partial charge is 0.274 e. The summed E-state index contributed by atoms with van der Waals surface area (Å²) in [6, 6.07) is 14.8. The summed E-state index contributed by atoms with van der Waals surface area (Å²) in [5, 5.41) is 6.66. The van der Waals surface area contributed by atoms with E-state index in [0.29, 0.717) is 16.7 Å². The molecule has 0 spiro atoms. The van der Waals surface area contributed by atoms with E-state index in [2.05, 4.69) is 27.5 Å². The molecule has 1 amide bonds. The first kappa shape index (κ1) is 17.9. The van der Waals surface area contributed by atoms with Gasteiger partial charge in [-0.25, -0.2) is 9.97 Å². The molecule has 0 aliphatic rings. The first-order chi connectivity index (χ1) is 12.6. The van der Waals surface area contributed by atoms with Crippen molar-refractivity contribution in [1.82, 2.24) is 9.97 Å². The van der Waals surface area contributed by atoms with Gasteiger partial charge >= 0.3 is 0 Å². The lowest BCUT2D eigenvalue weighted by Crippen LogP contribution is -2.15. The standard InChI is InChI=1S/C20H19ClN4O/c1-3-14-6-4-5-7-17(14)24-20-22-11-10-18(25-20)19(26)23-16-9-8-15(21)12-13(16)2/h4-12H,3H2,1-2H3,(H,23,26)(H,22,24,25). The van der Waals surface area contributed by atoms with E-state index in [1.807, 2.05) is 31.2 Å². The number of anilines is 3. The molecule has 2 aromatic carbocycles. The van der Waals surface area contributed by atoms with Crippen LogP contribution >= 0.6 is 11.6 Å². The predicted octanol–water partition coefficient (Wildman–Crippen LogP) is 5.00. The number of aryl methyl sites for hydroxylation is 2. The molecule has 0 bridgehead atoms. The van der Waals surface area contributed by atoms with Crippen LogP contribution in [0.4, 0.5) is 17.3 Å². The van der Waals surface area contributed by atoms with Crippen LogP contribution in [0.3, 0.4) is 0 Å². The fourth-order valence-electron chi connectivity index (χ4n) is 2.57. The lowest BCUT2D eigenvalue weighted by molar-refractivity contribution is 0.102. The van der Waals surface area contributed by atoms with Crippen LogP contribution in [0.1, 0.15) is 28.5 Å². The first-order valence-corrected chi connectivity index (χ1v) is 8.70. The molecule has 26 heavy (non-hydrogen) atoms. The molecular formula is C20H19ClN4O. The number of hydrogen-bond donors (Lipinski definition) is 2. The van der Waals surface area contributed by atoms with Crippen LogP contribution in [0.2, 0.25) is 5.02 Å². The Morgan fingerprint density at radius 1 is 1.12 bits per heavy atom. The second-order valence-electron chi connectivity index (χ2n) is 5.81. The lowest BCUT2D eigenvalue weighted by atomic mass is 10.1. The molecule has 0 atom stereocenters. The molecule has 5 nitrogen and oxygen atoms in total. The van der Waals surface area contributed by atoms with E-state index in [1.165, 1.54) is 0 Å². The highest BCUT2D eigenvalue weighted by atomic mass is 35.5. The molecule has 132 valence electrons. The Bertz CT molecular complexity index is 943. The number of carbonyl (C=O) groups is 1. The largest absolute Gasteiger partial charge is 0.324 e. The second kappa shape index (κ2) is 7.97. The monoisotopic (exact) mass is 366 g/mol. The van der Waals surface area contributed by atoms with Gasteiger partial charge in [0.25, 0.3) is 5.91 Å². The van der Waals surface area contributed by atoms with Crippen molar-refractivity contribution in [1.29, 1.82) is 0 Å². The minimum atomic E-state index is -0.301. The Hall–Kier alpha value is -2.92. The molecule has 0 aliphatic carbocycles. The van der Waals surface area contributed by atoms with Gasteiger partial charge in [0.05, 0.1) is 0 Å². The van der Waals surface area contributed by atoms with Crippen molar-refractivity contribution in [2.45, 2.75) is 20.3 Å². The maximum Gasteiger partial charge on any atom is 0.274 e. The van der Waals surface area contributed by atoms with Crippen molar-refractivity contribution < 1.29 is 4.79 Å². The van der Waals surface area contributed by atoms with E-state index in [-0.39, 0.29) is 11.6 Å². The van der Waals surface area contributed by atoms with E-state index < -0.39 is 0 Å². The van der Waals surface area contributed by atoms with Crippen LogP contribution in [0.15, 0.2) is 54.7 Å². The van der Waals surface area contributed by atoms with Gasteiger partial charge < -0.3 is 10.6 Å². The number of nitrogens with zero attached hydrogens (tertiary/aromatic N) is 2. The van der Waals surface area contributed by atoms with Crippen LogP contribution in [0, 0.1) is 6.92 Å². The summed E-state index contributed by atoms with van der Waals surface area (Å²) >= 11 is 5.95. The van der Waals surface area contributed by atoms with Gasteiger partial charge in [0.1, 0.15) is 5.69 Å². The molecule has 1 aromatic heterocycles. The average molecular weight is 367 g/mol. The number of hydrogen-bond acceptors (Lipinski definition) is 4. The normalized spacial score (nSPS) is 10.4. The van der Waals surface area contributed by atoms with E-state index >= 15 is 0 Å². The first-order valence-electron chi connectivity index (χ1n) is 8.32. The van der Waals surface area contributed by atoms with E-state index in [4.69, 9.17) is 11.6 Å². The molecule has 1 heterocycles. The number of benzene rings is 2. The summed E-state index contributed by atoms with van der Waals surface area (Å²) in [5.41, 5.74) is 3.95. The SMILES string of the molecule is CCc1ccccc1Nc1nccc(C(=O)Nc2ccc(Cl)cc2C)n1. The van der Waals surface area contributed by atoms with Gasteiger partial charge in [-0.1, -0.05) is 36.7 Å². The van der Waals surface area contributed by atoms with Gasteiger partial charge in [0, 0.05) is 22.6 Å². The van der Waals surface area contributed by atoms with E-state index in [1.54, 1.807) is 30.5 Å². The van der Waals surface area contributed by atoms with Gasteiger partial charge in [-0.15, -0.1) is 0 Å². The zero-order valence-corrected chi connectivity index (χ0v) is 15.3. The summed E-state index contributed by atoms with van der Waals surface area (Å²) in [6.45, 7) is 3.97. The third-order valence-corrected chi connectivity index (χ3v) is 4.20. The zero-order valence-electron chi connectivity index (χ0n) is 14.6. The number of amides is 1. The van der Waals surface area contributed by atoms with Gasteiger partial charge in [0.15, 0.2) is 0 Å². The van der Waals surface area contributed by atoms with Crippen LogP contribution < -0.4 is 10.6 Å². The van der Waals surface area contributed by atoms with Gasteiger partial charge in [-0.2, -0.15) is 0 Å². The fourth-order valence-corrected chi connectivity index (χ4v) is 2.80. The predicted molar refractivity (Wildman–Crippen MR) is 105 cm³/mol. The molecule has 0 saturated heterocycles. The molecule has 3 rings (SSSR count). The van der Waals surface area contributed by atoms with Gasteiger partial charge in [-0.3, -0.25) is 4.79 Å². The summed E-state index contributed by atoms with van der Waals surface area (Å²) in [7, 11) is 0. The minimum absolute atomic E-state index is 0.283. The van der Waals surface area contributed by atoms with Crippen LogP contribution in [-0.2, 0) is 6.42 Å². The third-order valence-electron chi connectivity index (χ3n) is 3.97. The molecule has 0 fully saturated rings.